The average Bonchev–Trinajstić information content (AvgIpc) is 3.50. The third-order valence-corrected chi connectivity index (χ3v) is 10.3. The molecule has 2 heterocycles. The number of amides is 1. The van der Waals surface area contributed by atoms with Crippen molar-refractivity contribution < 1.29 is 32.4 Å². The molecule has 1 aromatic heterocycles. The number of carbonyl (C=O) groups is 1. The van der Waals surface area contributed by atoms with E-state index >= 15 is 0 Å². The van der Waals surface area contributed by atoms with Gasteiger partial charge >= 0.3 is 0 Å². The predicted molar refractivity (Wildman–Crippen MR) is 162 cm³/mol. The summed E-state index contributed by atoms with van der Waals surface area (Å²) in [4.78, 5) is 19.3. The lowest BCUT2D eigenvalue weighted by atomic mass is 9.95. The van der Waals surface area contributed by atoms with E-state index in [9.17, 15) is 18.4 Å². The number of carbonyl (C=O) groups excluding carboxylic acids is 1. The number of piperidine rings is 1. The Morgan fingerprint density at radius 2 is 1.77 bits per heavy atom. The number of likely N-dealkylation sites (tertiary alicyclic amines) is 1. The number of methoxy groups -OCH3 is 1. The Hall–Kier alpha value is -3.55. The molecule has 1 aliphatic rings. The summed E-state index contributed by atoms with van der Waals surface area (Å²) in [6.07, 6.45) is 1.24. The number of aromatic nitrogens is 2. The van der Waals surface area contributed by atoms with Gasteiger partial charge in [0.05, 0.1) is 18.1 Å². The van der Waals surface area contributed by atoms with Crippen LogP contribution in [0.15, 0.2) is 76.1 Å². The first-order chi connectivity index (χ1) is 20.4. The van der Waals surface area contributed by atoms with Crippen LogP contribution >= 0.6 is 12.4 Å². The molecule has 0 unspecified atom stereocenters. The molecule has 4 aromatic rings. The zero-order valence-electron chi connectivity index (χ0n) is 23.8. The van der Waals surface area contributed by atoms with Crippen molar-refractivity contribution in [2.75, 3.05) is 40.0 Å². The number of rotatable bonds is 12. The van der Waals surface area contributed by atoms with Gasteiger partial charge in [-0.15, -0.1) is 12.4 Å². The second kappa shape index (κ2) is 14.3. The maximum atomic E-state index is 13.7. The summed E-state index contributed by atoms with van der Waals surface area (Å²) in [7, 11) is -2.51. The van der Waals surface area contributed by atoms with Gasteiger partial charge in [-0.25, -0.2) is 13.9 Å². The Morgan fingerprint density at radius 1 is 1.05 bits per heavy atom. The van der Waals surface area contributed by atoms with Gasteiger partial charge in [0.1, 0.15) is 5.75 Å². The minimum absolute atomic E-state index is 0. The predicted octanol–water partition coefficient (Wildman–Crippen LogP) is 4.08. The molecule has 0 saturated carbocycles. The highest BCUT2D eigenvalue weighted by Crippen LogP contribution is 2.36. The number of hydrogen-bond donors (Lipinski definition) is 2. The lowest BCUT2D eigenvalue weighted by molar-refractivity contribution is -0.133. The Balaban J connectivity index is 0.00000423. The molecule has 13 heteroatoms. The molecule has 0 radical (unpaired) electrons. The second-order valence-corrected chi connectivity index (χ2v) is 12.5. The molecule has 0 bridgehead atoms. The van der Waals surface area contributed by atoms with E-state index in [1.54, 1.807) is 24.7 Å². The molecule has 1 aliphatic heterocycles. The number of hydrogen-bond acceptors (Lipinski definition) is 10. The van der Waals surface area contributed by atoms with Crippen LogP contribution in [-0.2, 0) is 25.8 Å². The normalized spacial score (nSPS) is 15.1. The van der Waals surface area contributed by atoms with E-state index in [-0.39, 0.29) is 30.1 Å². The minimum Gasteiger partial charge on any atom is -0.494 e. The van der Waals surface area contributed by atoms with Crippen molar-refractivity contribution in [3.05, 3.63) is 72.6 Å². The third-order valence-electron chi connectivity index (χ3n) is 7.74. The van der Waals surface area contributed by atoms with E-state index in [0.29, 0.717) is 63.2 Å². The summed E-state index contributed by atoms with van der Waals surface area (Å²) in [5.74, 6) is 0.612. The number of nitrogens with zero attached hydrogens (tertiary/aromatic N) is 3. The number of hydroxylamine groups is 1. The van der Waals surface area contributed by atoms with Gasteiger partial charge in [0.25, 0.3) is 5.91 Å². The van der Waals surface area contributed by atoms with Gasteiger partial charge in [0, 0.05) is 38.7 Å². The van der Waals surface area contributed by atoms with Crippen molar-refractivity contribution in [1.82, 2.24) is 20.5 Å². The number of sulfone groups is 1. The molecule has 3 aromatic carbocycles. The molecule has 0 aliphatic carbocycles. The van der Waals surface area contributed by atoms with E-state index in [1.165, 1.54) is 12.1 Å². The molecule has 230 valence electrons. The fraction of sp³-hybridized carbons (Fsp3) is 0.367. The Kier molecular flexibility index (Phi) is 10.7. The fourth-order valence-corrected chi connectivity index (χ4v) is 7.27. The Labute approximate surface area is 256 Å². The highest BCUT2D eigenvalue weighted by Gasteiger charge is 2.52. The number of ether oxygens (including phenoxy) is 2. The number of halogens is 1. The fourth-order valence-electron chi connectivity index (χ4n) is 5.32. The summed E-state index contributed by atoms with van der Waals surface area (Å²) in [6, 6.07) is 20.0. The van der Waals surface area contributed by atoms with Crippen molar-refractivity contribution in [3.63, 3.8) is 0 Å². The van der Waals surface area contributed by atoms with Crippen LogP contribution in [0.2, 0.25) is 0 Å². The van der Waals surface area contributed by atoms with Gasteiger partial charge in [-0.1, -0.05) is 47.6 Å². The first kappa shape index (κ1) is 32.4. The van der Waals surface area contributed by atoms with E-state index in [2.05, 4.69) is 10.1 Å². The van der Waals surface area contributed by atoms with Gasteiger partial charge in [0.15, 0.2) is 14.6 Å². The molecular weight excluding hydrogens is 596 g/mol. The largest absolute Gasteiger partial charge is 0.494 e. The molecule has 2 N–H and O–H groups in total. The average molecular weight is 631 g/mol. The molecule has 5 rings (SSSR count). The van der Waals surface area contributed by atoms with Crippen LogP contribution in [-0.4, -0.2) is 79.3 Å². The standard InChI is InChI=1S/C30H34N4O7S.ClH/c1-39-21-19-34-17-15-30(16-18-34,29(35)32-36)42(37,38)24-13-11-23(12-14-24)40-20-5-10-27-31-28(33-41-27)26-9-4-7-22-6-2-3-8-25(22)26;/h2-4,6-9,11-14,36H,5,10,15-21H2,1H3,(H,32,35);1H. The van der Waals surface area contributed by atoms with Crippen molar-refractivity contribution >= 4 is 38.9 Å². The quantitative estimate of drug-likeness (QED) is 0.133. The highest BCUT2D eigenvalue weighted by molar-refractivity contribution is 7.93. The second-order valence-electron chi connectivity index (χ2n) is 10.2. The van der Waals surface area contributed by atoms with Crippen LogP contribution in [0.3, 0.4) is 0 Å². The molecule has 0 atom stereocenters. The first-order valence-corrected chi connectivity index (χ1v) is 15.3. The zero-order chi connectivity index (χ0) is 29.6. The molecule has 43 heavy (non-hydrogen) atoms. The number of fused-ring (bicyclic) bond motifs is 1. The number of aryl methyl sites for hydroxylation is 1. The molecule has 1 fully saturated rings. The van der Waals surface area contributed by atoms with Crippen molar-refractivity contribution in [2.45, 2.75) is 35.3 Å². The summed E-state index contributed by atoms with van der Waals surface area (Å²) >= 11 is 0. The maximum Gasteiger partial charge on any atom is 0.265 e. The molecule has 1 saturated heterocycles. The molecular formula is C30H35ClN4O7S. The lowest BCUT2D eigenvalue weighted by Crippen LogP contribution is -2.57. The Bertz CT molecular complexity index is 1620. The highest BCUT2D eigenvalue weighted by atomic mass is 35.5. The Morgan fingerprint density at radius 3 is 2.49 bits per heavy atom. The van der Waals surface area contributed by atoms with Crippen molar-refractivity contribution in [3.8, 4) is 17.1 Å². The smallest absolute Gasteiger partial charge is 0.265 e. The van der Waals surface area contributed by atoms with E-state index in [0.717, 1.165) is 16.3 Å². The van der Waals surface area contributed by atoms with Crippen LogP contribution in [0.1, 0.15) is 25.2 Å². The van der Waals surface area contributed by atoms with E-state index in [1.807, 2.05) is 47.4 Å². The molecule has 1 amide bonds. The van der Waals surface area contributed by atoms with Crippen LogP contribution in [0, 0.1) is 0 Å². The molecule has 11 nitrogen and oxygen atoms in total. The SMILES string of the molecule is COCCN1CCC(C(=O)NO)(S(=O)(=O)c2ccc(OCCCc3nc(-c4cccc5ccccc45)no3)cc2)CC1.Cl. The molecule has 0 spiro atoms. The van der Waals surface area contributed by atoms with Gasteiger partial charge in [-0.05, 0) is 54.3 Å². The van der Waals surface area contributed by atoms with Gasteiger partial charge in [0.2, 0.25) is 11.7 Å². The maximum absolute atomic E-state index is 13.7. The first-order valence-electron chi connectivity index (χ1n) is 13.8. The van der Waals surface area contributed by atoms with Crippen molar-refractivity contribution in [2.24, 2.45) is 0 Å². The lowest BCUT2D eigenvalue weighted by Gasteiger charge is -2.39. The monoisotopic (exact) mass is 630 g/mol. The van der Waals surface area contributed by atoms with Crippen LogP contribution in [0.25, 0.3) is 22.2 Å². The van der Waals surface area contributed by atoms with Gasteiger partial charge in [-0.2, -0.15) is 4.98 Å². The van der Waals surface area contributed by atoms with Crippen LogP contribution in [0.5, 0.6) is 5.75 Å². The van der Waals surface area contributed by atoms with Gasteiger partial charge in [-0.3, -0.25) is 10.0 Å². The minimum atomic E-state index is -4.10. The third kappa shape index (κ3) is 6.84. The summed E-state index contributed by atoms with van der Waals surface area (Å²) in [5.41, 5.74) is 2.49. The van der Waals surface area contributed by atoms with E-state index in [4.69, 9.17) is 14.0 Å². The number of nitrogens with one attached hydrogen (secondary N) is 1. The summed E-state index contributed by atoms with van der Waals surface area (Å²) in [6.45, 7) is 2.28. The zero-order valence-corrected chi connectivity index (χ0v) is 25.4. The van der Waals surface area contributed by atoms with E-state index < -0.39 is 20.5 Å². The summed E-state index contributed by atoms with van der Waals surface area (Å²) < 4.78 is 41.9. The number of benzene rings is 3. The van der Waals surface area contributed by atoms with Crippen LogP contribution < -0.4 is 10.2 Å². The van der Waals surface area contributed by atoms with Crippen LogP contribution in [0.4, 0.5) is 0 Å². The topological polar surface area (TPSA) is 144 Å². The van der Waals surface area contributed by atoms with Crippen molar-refractivity contribution in [1.29, 1.82) is 0 Å². The van der Waals surface area contributed by atoms with Gasteiger partial charge < -0.3 is 18.9 Å². The summed E-state index contributed by atoms with van der Waals surface area (Å²) in [5, 5.41) is 15.7.